The first-order chi connectivity index (χ1) is 5.94. The summed E-state index contributed by atoms with van der Waals surface area (Å²) in [4.78, 5) is 8.90. The molecular weight excluding hydrogens is 189 g/mol. The average molecular weight is 200 g/mol. The molecule has 6 heteroatoms. The number of aliphatic carboxylic acids is 1. The second kappa shape index (κ2) is 5.80. The quantitative estimate of drug-likeness (QED) is 0.648. The molecule has 0 spiro atoms. The molecule has 0 aromatic carbocycles. The first-order valence-corrected chi connectivity index (χ1v) is 3.82. The first kappa shape index (κ1) is 12.2. The molecule has 13 heavy (non-hydrogen) atoms. The second-order valence-corrected chi connectivity index (χ2v) is 2.48. The molecule has 0 aliphatic carbocycles. The number of carboxylic acid groups (broad SMARTS) is 1. The van der Waals surface area contributed by atoms with Crippen LogP contribution in [0, 0.1) is 0 Å². The lowest BCUT2D eigenvalue weighted by atomic mass is 10.2. The van der Waals surface area contributed by atoms with E-state index >= 15 is 0 Å². The zero-order valence-electron chi connectivity index (χ0n) is 6.93. The highest BCUT2D eigenvalue weighted by molar-refractivity contribution is 5.73. The maximum absolute atomic E-state index is 10.6. The highest BCUT2D eigenvalue weighted by atomic mass is 19.4. The van der Waals surface area contributed by atoms with Gasteiger partial charge in [-0.1, -0.05) is 0 Å². The second-order valence-electron chi connectivity index (χ2n) is 2.48. The molecule has 0 atom stereocenters. The highest BCUT2D eigenvalue weighted by Gasteiger charge is 2.38. The monoisotopic (exact) mass is 200 g/mol. The molecule has 1 heterocycles. The Morgan fingerprint density at radius 3 is 1.62 bits per heavy atom. The zero-order chi connectivity index (χ0) is 10.3. The number of carbonyl (C=O) groups is 1. The predicted molar refractivity (Wildman–Crippen MR) is 38.4 cm³/mol. The van der Waals surface area contributed by atoms with Gasteiger partial charge >= 0.3 is 12.1 Å². The highest BCUT2D eigenvalue weighted by Crippen LogP contribution is 2.13. The van der Waals surface area contributed by atoms with Crippen molar-refractivity contribution < 1.29 is 27.8 Å². The molecular formula is C7H11F3O3. The standard InChI is InChI=1S/C5H10O.C2HF3O2/c1-2-4-6-5-3-1;3-2(4,5)1(6)7/h1-5H2;(H,6,7). The minimum Gasteiger partial charge on any atom is -0.475 e. The van der Waals surface area contributed by atoms with Crippen LogP contribution in [0.2, 0.25) is 0 Å². The van der Waals surface area contributed by atoms with Crippen LogP contribution in [0.15, 0.2) is 0 Å². The van der Waals surface area contributed by atoms with Gasteiger partial charge in [0, 0.05) is 13.2 Å². The van der Waals surface area contributed by atoms with E-state index in [4.69, 9.17) is 14.6 Å². The smallest absolute Gasteiger partial charge is 0.475 e. The van der Waals surface area contributed by atoms with E-state index in [0.29, 0.717) is 0 Å². The molecule has 0 aromatic heterocycles. The first-order valence-electron chi connectivity index (χ1n) is 3.82. The Kier molecular flexibility index (Phi) is 5.45. The number of rotatable bonds is 0. The molecule has 78 valence electrons. The zero-order valence-corrected chi connectivity index (χ0v) is 6.93. The van der Waals surface area contributed by atoms with Crippen molar-refractivity contribution in [2.75, 3.05) is 13.2 Å². The van der Waals surface area contributed by atoms with Crippen molar-refractivity contribution in [3.63, 3.8) is 0 Å². The largest absolute Gasteiger partial charge is 0.490 e. The summed E-state index contributed by atoms with van der Waals surface area (Å²) in [5.41, 5.74) is 0. The van der Waals surface area contributed by atoms with E-state index in [1.807, 2.05) is 0 Å². The lowest BCUT2D eigenvalue weighted by Crippen LogP contribution is -2.21. The van der Waals surface area contributed by atoms with Gasteiger partial charge in [-0.05, 0) is 19.3 Å². The van der Waals surface area contributed by atoms with Gasteiger partial charge in [0.1, 0.15) is 0 Å². The third kappa shape index (κ3) is 7.58. The predicted octanol–water partition coefficient (Wildman–Crippen LogP) is 1.82. The van der Waals surface area contributed by atoms with Crippen molar-refractivity contribution in [1.29, 1.82) is 0 Å². The Balaban J connectivity index is 0.000000223. The molecule has 3 nitrogen and oxygen atoms in total. The number of halogens is 3. The molecule has 0 bridgehead atoms. The Hall–Kier alpha value is -0.780. The SMILES string of the molecule is C1CCOCC1.O=C(O)C(F)(F)F. The molecule has 0 radical (unpaired) electrons. The van der Waals surface area contributed by atoms with Gasteiger partial charge in [-0.25, -0.2) is 4.79 Å². The summed E-state index contributed by atoms with van der Waals surface area (Å²) < 4.78 is 36.8. The fourth-order valence-electron chi connectivity index (χ4n) is 0.687. The molecule has 1 rings (SSSR count). The molecule has 1 N–H and O–H groups in total. The van der Waals surface area contributed by atoms with E-state index in [-0.39, 0.29) is 0 Å². The number of hydrogen-bond acceptors (Lipinski definition) is 2. The molecule has 1 aliphatic rings. The van der Waals surface area contributed by atoms with Gasteiger partial charge < -0.3 is 9.84 Å². The van der Waals surface area contributed by atoms with Crippen LogP contribution in [0.1, 0.15) is 19.3 Å². The van der Waals surface area contributed by atoms with Crippen LogP contribution in [-0.4, -0.2) is 30.5 Å². The van der Waals surface area contributed by atoms with E-state index in [1.54, 1.807) is 0 Å². The Morgan fingerprint density at radius 2 is 1.54 bits per heavy atom. The van der Waals surface area contributed by atoms with Crippen molar-refractivity contribution in [3.8, 4) is 0 Å². The normalized spacial score (nSPS) is 17.2. The van der Waals surface area contributed by atoms with Crippen molar-refractivity contribution in [2.24, 2.45) is 0 Å². The van der Waals surface area contributed by atoms with E-state index in [2.05, 4.69) is 0 Å². The molecule has 1 saturated heterocycles. The third-order valence-corrected chi connectivity index (χ3v) is 1.32. The Labute approximate surface area is 73.5 Å². The summed E-state index contributed by atoms with van der Waals surface area (Å²) in [5.74, 6) is -2.76. The minimum atomic E-state index is -5.08. The Morgan fingerprint density at radius 1 is 1.15 bits per heavy atom. The van der Waals surface area contributed by atoms with Gasteiger partial charge in [0.15, 0.2) is 0 Å². The maximum Gasteiger partial charge on any atom is 0.490 e. The van der Waals surface area contributed by atoms with Crippen LogP contribution in [0.5, 0.6) is 0 Å². The van der Waals surface area contributed by atoms with Crippen LogP contribution < -0.4 is 0 Å². The molecule has 1 fully saturated rings. The van der Waals surface area contributed by atoms with Crippen LogP contribution in [0.25, 0.3) is 0 Å². The topological polar surface area (TPSA) is 46.5 Å². The summed E-state index contributed by atoms with van der Waals surface area (Å²) in [6, 6.07) is 0. The summed E-state index contributed by atoms with van der Waals surface area (Å²) in [5, 5.41) is 7.12. The van der Waals surface area contributed by atoms with Gasteiger partial charge in [-0.3, -0.25) is 0 Å². The number of ether oxygens (including phenoxy) is 1. The van der Waals surface area contributed by atoms with Gasteiger partial charge in [0.2, 0.25) is 0 Å². The van der Waals surface area contributed by atoms with Crippen molar-refractivity contribution in [3.05, 3.63) is 0 Å². The summed E-state index contributed by atoms with van der Waals surface area (Å²) in [6.07, 6.45) is -1.15. The molecule has 1 aliphatic heterocycles. The van der Waals surface area contributed by atoms with E-state index < -0.39 is 12.1 Å². The van der Waals surface area contributed by atoms with Gasteiger partial charge in [-0.15, -0.1) is 0 Å². The molecule has 0 amide bonds. The maximum atomic E-state index is 10.6. The molecule has 0 aromatic rings. The lowest BCUT2D eigenvalue weighted by Gasteiger charge is -2.08. The van der Waals surface area contributed by atoms with Crippen LogP contribution in [0.3, 0.4) is 0 Å². The number of carboxylic acids is 1. The number of alkyl halides is 3. The molecule has 0 unspecified atom stereocenters. The van der Waals surface area contributed by atoms with Crippen molar-refractivity contribution in [1.82, 2.24) is 0 Å². The van der Waals surface area contributed by atoms with Gasteiger partial charge in [0.05, 0.1) is 0 Å². The molecule has 0 saturated carbocycles. The minimum absolute atomic E-state index is 1.00. The van der Waals surface area contributed by atoms with Crippen molar-refractivity contribution >= 4 is 5.97 Å². The van der Waals surface area contributed by atoms with Crippen LogP contribution in [-0.2, 0) is 9.53 Å². The lowest BCUT2D eigenvalue weighted by molar-refractivity contribution is -0.192. The summed E-state index contributed by atoms with van der Waals surface area (Å²) in [7, 11) is 0. The Bertz CT molecular complexity index is 140. The third-order valence-electron chi connectivity index (χ3n) is 1.32. The van der Waals surface area contributed by atoms with Gasteiger partial charge in [-0.2, -0.15) is 13.2 Å². The fraction of sp³-hybridized carbons (Fsp3) is 0.857. The summed E-state index contributed by atoms with van der Waals surface area (Å²) >= 11 is 0. The van der Waals surface area contributed by atoms with E-state index in [0.717, 1.165) is 13.2 Å². The summed E-state index contributed by atoms with van der Waals surface area (Å²) in [6.45, 7) is 2.00. The van der Waals surface area contributed by atoms with Crippen LogP contribution >= 0.6 is 0 Å². The van der Waals surface area contributed by atoms with E-state index in [9.17, 15) is 13.2 Å². The number of hydrogen-bond donors (Lipinski definition) is 1. The fourth-order valence-corrected chi connectivity index (χ4v) is 0.687. The van der Waals surface area contributed by atoms with Gasteiger partial charge in [0.25, 0.3) is 0 Å². The van der Waals surface area contributed by atoms with Crippen molar-refractivity contribution in [2.45, 2.75) is 25.4 Å². The van der Waals surface area contributed by atoms with E-state index in [1.165, 1.54) is 19.3 Å². The van der Waals surface area contributed by atoms with Crippen LogP contribution in [0.4, 0.5) is 13.2 Å². The average Bonchev–Trinajstić information content (AvgIpc) is 2.07.